The second kappa shape index (κ2) is 9.14. The van der Waals surface area contributed by atoms with Gasteiger partial charge in [-0.2, -0.15) is 5.26 Å². The van der Waals surface area contributed by atoms with Gasteiger partial charge in [-0.25, -0.2) is 0 Å². The van der Waals surface area contributed by atoms with Crippen LogP contribution in [0.4, 0.5) is 0 Å². The minimum Gasteiger partial charge on any atom is -0.349 e. The van der Waals surface area contributed by atoms with Gasteiger partial charge in [0.25, 0.3) is 0 Å². The zero-order chi connectivity index (χ0) is 17.4. The van der Waals surface area contributed by atoms with Crippen LogP contribution in [0.5, 0.6) is 0 Å². The summed E-state index contributed by atoms with van der Waals surface area (Å²) in [4.78, 5) is 12.1. The Kier molecular flexibility index (Phi) is 6.89. The molecule has 0 aromatic heterocycles. The molecule has 0 heterocycles. The third kappa shape index (κ3) is 5.43. The summed E-state index contributed by atoms with van der Waals surface area (Å²) >= 11 is 1.56. The lowest BCUT2D eigenvalue weighted by molar-refractivity contribution is -0.119. The molecule has 2 rings (SSSR count). The predicted molar refractivity (Wildman–Crippen MR) is 99.7 cm³/mol. The molecule has 0 radical (unpaired) electrons. The quantitative estimate of drug-likeness (QED) is 0.822. The molecule has 2 aromatic rings. The minimum absolute atomic E-state index is 0.00548. The second-order valence-corrected chi connectivity index (χ2v) is 6.67. The van der Waals surface area contributed by atoms with E-state index in [0.29, 0.717) is 11.3 Å². The van der Waals surface area contributed by atoms with Gasteiger partial charge in [0.15, 0.2) is 0 Å². The van der Waals surface area contributed by atoms with Crippen molar-refractivity contribution in [3.8, 4) is 6.07 Å². The molecular weight excluding hydrogens is 316 g/mol. The second-order valence-electron chi connectivity index (χ2n) is 5.69. The van der Waals surface area contributed by atoms with E-state index in [1.807, 2.05) is 25.1 Å². The van der Waals surface area contributed by atoms with Gasteiger partial charge in [0.1, 0.15) is 0 Å². The molecule has 0 fully saturated rings. The van der Waals surface area contributed by atoms with Gasteiger partial charge >= 0.3 is 0 Å². The van der Waals surface area contributed by atoms with Crippen LogP contribution in [0.2, 0.25) is 0 Å². The van der Waals surface area contributed by atoms with Gasteiger partial charge < -0.3 is 5.32 Å². The number of hydrogen-bond donors (Lipinski definition) is 1. The van der Waals surface area contributed by atoms with E-state index < -0.39 is 0 Å². The molecule has 0 saturated heterocycles. The van der Waals surface area contributed by atoms with E-state index >= 15 is 0 Å². The standard InChI is InChI=1S/C20H22N2OS/c1-3-16-7-9-19(10-8-16)15(2)22-20(23)14-24-13-18-6-4-5-17(11-18)12-21/h4-11,15H,3,13-14H2,1-2H3,(H,22,23)/t15-/m0/s1. The number of nitriles is 1. The van der Waals surface area contributed by atoms with Crippen LogP contribution in [0.15, 0.2) is 48.5 Å². The summed E-state index contributed by atoms with van der Waals surface area (Å²) in [6.45, 7) is 4.13. The molecule has 2 aromatic carbocycles. The molecule has 0 aliphatic carbocycles. The van der Waals surface area contributed by atoms with E-state index in [4.69, 9.17) is 5.26 Å². The molecule has 1 N–H and O–H groups in total. The average molecular weight is 338 g/mol. The van der Waals surface area contributed by atoms with Crippen LogP contribution in [0, 0.1) is 11.3 Å². The van der Waals surface area contributed by atoms with E-state index in [1.165, 1.54) is 5.56 Å². The first-order valence-corrected chi connectivity index (χ1v) is 9.22. The number of benzene rings is 2. The summed E-state index contributed by atoms with van der Waals surface area (Å²) in [5, 5.41) is 11.9. The number of carbonyl (C=O) groups is 1. The van der Waals surface area contributed by atoms with Crippen molar-refractivity contribution in [2.24, 2.45) is 0 Å². The normalized spacial score (nSPS) is 11.5. The Balaban J connectivity index is 1.78. The fraction of sp³-hybridized carbons (Fsp3) is 0.300. The van der Waals surface area contributed by atoms with Crippen molar-refractivity contribution in [3.63, 3.8) is 0 Å². The highest BCUT2D eigenvalue weighted by atomic mass is 32.2. The molecule has 1 atom stereocenters. The smallest absolute Gasteiger partial charge is 0.230 e. The first kappa shape index (κ1) is 18.1. The Hall–Kier alpha value is -2.25. The molecule has 24 heavy (non-hydrogen) atoms. The average Bonchev–Trinajstić information content (AvgIpc) is 2.62. The largest absolute Gasteiger partial charge is 0.349 e. The van der Waals surface area contributed by atoms with Gasteiger partial charge in [-0.05, 0) is 42.2 Å². The first-order chi connectivity index (χ1) is 11.6. The maximum absolute atomic E-state index is 12.1. The Morgan fingerprint density at radius 2 is 1.96 bits per heavy atom. The lowest BCUT2D eigenvalue weighted by Crippen LogP contribution is -2.28. The van der Waals surface area contributed by atoms with Crippen LogP contribution in [0.25, 0.3) is 0 Å². The molecule has 124 valence electrons. The van der Waals surface area contributed by atoms with Crippen molar-refractivity contribution in [2.75, 3.05) is 5.75 Å². The van der Waals surface area contributed by atoms with Crippen molar-refractivity contribution >= 4 is 17.7 Å². The number of aryl methyl sites for hydroxylation is 1. The van der Waals surface area contributed by atoms with Crippen LogP contribution in [0.1, 0.15) is 42.1 Å². The molecule has 0 aliphatic rings. The van der Waals surface area contributed by atoms with E-state index in [1.54, 1.807) is 17.8 Å². The summed E-state index contributed by atoms with van der Waals surface area (Å²) in [6, 6.07) is 18.0. The van der Waals surface area contributed by atoms with E-state index in [0.717, 1.165) is 23.3 Å². The van der Waals surface area contributed by atoms with Crippen molar-refractivity contribution in [3.05, 3.63) is 70.8 Å². The lowest BCUT2D eigenvalue weighted by Gasteiger charge is -2.14. The van der Waals surface area contributed by atoms with Crippen molar-refractivity contribution in [2.45, 2.75) is 32.1 Å². The molecule has 0 spiro atoms. The summed E-state index contributed by atoms with van der Waals surface area (Å²) in [6.07, 6.45) is 1.02. The molecule has 0 bridgehead atoms. The minimum atomic E-state index is 0.00548. The highest BCUT2D eigenvalue weighted by Gasteiger charge is 2.09. The maximum Gasteiger partial charge on any atom is 0.230 e. The van der Waals surface area contributed by atoms with Gasteiger partial charge in [0.05, 0.1) is 23.4 Å². The molecule has 0 aliphatic heterocycles. The number of nitrogens with zero attached hydrogens (tertiary/aromatic N) is 1. The zero-order valence-corrected chi connectivity index (χ0v) is 14.9. The first-order valence-electron chi connectivity index (χ1n) is 8.07. The number of carbonyl (C=O) groups excluding carboxylic acids is 1. The number of nitrogens with one attached hydrogen (secondary N) is 1. The predicted octanol–water partition coefficient (Wildman–Crippen LogP) is 4.23. The number of amides is 1. The van der Waals surface area contributed by atoms with Gasteiger partial charge in [0, 0.05) is 5.75 Å². The molecule has 0 unspecified atom stereocenters. The molecule has 3 nitrogen and oxygen atoms in total. The third-order valence-electron chi connectivity index (χ3n) is 3.82. The van der Waals surface area contributed by atoms with Crippen LogP contribution in [-0.2, 0) is 17.0 Å². The summed E-state index contributed by atoms with van der Waals surface area (Å²) in [7, 11) is 0. The molecule has 4 heteroatoms. The fourth-order valence-corrected chi connectivity index (χ4v) is 3.19. The third-order valence-corrected chi connectivity index (χ3v) is 4.83. The summed E-state index contributed by atoms with van der Waals surface area (Å²) < 4.78 is 0. The van der Waals surface area contributed by atoms with Crippen LogP contribution in [-0.4, -0.2) is 11.7 Å². The Morgan fingerprint density at radius 3 is 2.62 bits per heavy atom. The van der Waals surface area contributed by atoms with Gasteiger partial charge in [-0.1, -0.05) is 43.3 Å². The highest BCUT2D eigenvalue weighted by Crippen LogP contribution is 2.16. The number of hydrogen-bond acceptors (Lipinski definition) is 3. The van der Waals surface area contributed by atoms with Crippen LogP contribution >= 0.6 is 11.8 Å². The Bertz CT molecular complexity index is 719. The Labute approximate surface area is 148 Å². The molecule has 1 amide bonds. The monoisotopic (exact) mass is 338 g/mol. The van der Waals surface area contributed by atoms with Crippen LogP contribution in [0.3, 0.4) is 0 Å². The lowest BCUT2D eigenvalue weighted by atomic mass is 10.1. The highest BCUT2D eigenvalue weighted by molar-refractivity contribution is 7.99. The molecular formula is C20H22N2OS. The van der Waals surface area contributed by atoms with Crippen LogP contribution < -0.4 is 5.32 Å². The zero-order valence-electron chi connectivity index (χ0n) is 14.1. The van der Waals surface area contributed by atoms with Crippen molar-refractivity contribution < 1.29 is 4.79 Å². The van der Waals surface area contributed by atoms with E-state index in [2.05, 4.69) is 42.6 Å². The summed E-state index contributed by atoms with van der Waals surface area (Å²) in [5.41, 5.74) is 4.14. The van der Waals surface area contributed by atoms with Gasteiger partial charge in [-0.3, -0.25) is 4.79 Å². The van der Waals surface area contributed by atoms with Crippen molar-refractivity contribution in [1.82, 2.24) is 5.32 Å². The van der Waals surface area contributed by atoms with E-state index in [9.17, 15) is 4.79 Å². The summed E-state index contributed by atoms with van der Waals surface area (Å²) in [5.74, 6) is 1.17. The SMILES string of the molecule is CCc1ccc([C@H](C)NC(=O)CSCc2cccc(C#N)c2)cc1. The van der Waals surface area contributed by atoms with Gasteiger partial charge in [0.2, 0.25) is 5.91 Å². The maximum atomic E-state index is 12.1. The van der Waals surface area contributed by atoms with E-state index in [-0.39, 0.29) is 11.9 Å². The number of rotatable bonds is 7. The van der Waals surface area contributed by atoms with Crippen molar-refractivity contribution in [1.29, 1.82) is 5.26 Å². The number of thioether (sulfide) groups is 1. The Morgan fingerprint density at radius 1 is 1.21 bits per heavy atom. The fourth-order valence-electron chi connectivity index (χ4n) is 2.40. The van der Waals surface area contributed by atoms with Gasteiger partial charge in [-0.15, -0.1) is 11.8 Å². The topological polar surface area (TPSA) is 52.9 Å². The molecule has 0 saturated carbocycles.